The molecule has 3 aromatic rings. The minimum Gasteiger partial charge on any atom is -0.497 e. The SMILES string of the molecule is COC(=O)CC1c2c(c3cc(OC)ccc3n2C)CCN1Cc1ccccc1. The molecule has 1 aliphatic heterocycles. The molecule has 146 valence electrons. The Morgan fingerprint density at radius 1 is 1.14 bits per heavy atom. The van der Waals surface area contributed by atoms with Crippen molar-refractivity contribution in [3.8, 4) is 5.75 Å². The fraction of sp³-hybridized carbons (Fsp3) is 0.348. The third-order valence-electron chi connectivity index (χ3n) is 5.78. The second-order valence-electron chi connectivity index (χ2n) is 7.31. The van der Waals surface area contributed by atoms with Crippen molar-refractivity contribution in [1.29, 1.82) is 0 Å². The molecule has 2 heterocycles. The molecule has 1 aliphatic rings. The number of carbonyl (C=O) groups excluding carboxylic acids is 1. The normalized spacial score (nSPS) is 16.8. The molecule has 0 amide bonds. The minimum atomic E-state index is -0.182. The van der Waals surface area contributed by atoms with E-state index in [2.05, 4.69) is 52.9 Å². The molecule has 4 rings (SSSR count). The van der Waals surface area contributed by atoms with Crippen LogP contribution in [0, 0.1) is 0 Å². The molecule has 0 saturated carbocycles. The van der Waals surface area contributed by atoms with Gasteiger partial charge in [-0.2, -0.15) is 0 Å². The first kappa shape index (κ1) is 18.6. The fourth-order valence-corrected chi connectivity index (χ4v) is 4.39. The lowest BCUT2D eigenvalue weighted by atomic mass is 9.94. The fourth-order valence-electron chi connectivity index (χ4n) is 4.39. The lowest BCUT2D eigenvalue weighted by Crippen LogP contribution is -2.37. The number of methoxy groups -OCH3 is 2. The maximum Gasteiger partial charge on any atom is 0.307 e. The molecule has 2 aromatic carbocycles. The molecule has 0 aliphatic carbocycles. The second kappa shape index (κ2) is 7.68. The molecule has 0 spiro atoms. The van der Waals surface area contributed by atoms with E-state index in [1.807, 2.05) is 12.1 Å². The number of esters is 1. The van der Waals surface area contributed by atoms with Crippen LogP contribution in [0.25, 0.3) is 10.9 Å². The van der Waals surface area contributed by atoms with Gasteiger partial charge in [-0.1, -0.05) is 30.3 Å². The summed E-state index contributed by atoms with van der Waals surface area (Å²) in [4.78, 5) is 14.6. The summed E-state index contributed by atoms with van der Waals surface area (Å²) >= 11 is 0. The van der Waals surface area contributed by atoms with Crippen LogP contribution in [0.2, 0.25) is 0 Å². The molecule has 5 heteroatoms. The van der Waals surface area contributed by atoms with Crippen LogP contribution in [0.5, 0.6) is 5.75 Å². The van der Waals surface area contributed by atoms with E-state index in [0.29, 0.717) is 6.42 Å². The van der Waals surface area contributed by atoms with Gasteiger partial charge in [0.15, 0.2) is 0 Å². The summed E-state index contributed by atoms with van der Waals surface area (Å²) in [6.07, 6.45) is 1.29. The zero-order valence-corrected chi connectivity index (χ0v) is 16.6. The second-order valence-corrected chi connectivity index (χ2v) is 7.31. The number of ether oxygens (including phenoxy) is 2. The Balaban J connectivity index is 1.79. The predicted molar refractivity (Wildman–Crippen MR) is 109 cm³/mol. The number of rotatable bonds is 5. The number of hydrogen-bond donors (Lipinski definition) is 0. The van der Waals surface area contributed by atoms with Crippen LogP contribution >= 0.6 is 0 Å². The van der Waals surface area contributed by atoms with Crippen LogP contribution in [-0.4, -0.2) is 36.2 Å². The Bertz CT molecular complexity index is 994. The molecule has 0 fully saturated rings. The van der Waals surface area contributed by atoms with Gasteiger partial charge in [-0.3, -0.25) is 9.69 Å². The minimum absolute atomic E-state index is 0.0141. The van der Waals surface area contributed by atoms with Crippen LogP contribution < -0.4 is 4.74 Å². The zero-order valence-electron chi connectivity index (χ0n) is 16.6. The monoisotopic (exact) mass is 378 g/mol. The molecule has 0 saturated heterocycles. The largest absolute Gasteiger partial charge is 0.497 e. The van der Waals surface area contributed by atoms with Crippen molar-refractivity contribution in [2.45, 2.75) is 25.4 Å². The number of hydrogen-bond acceptors (Lipinski definition) is 4. The smallest absolute Gasteiger partial charge is 0.307 e. The molecule has 5 nitrogen and oxygen atoms in total. The Kier molecular flexibility index (Phi) is 5.09. The van der Waals surface area contributed by atoms with E-state index in [9.17, 15) is 4.79 Å². The summed E-state index contributed by atoms with van der Waals surface area (Å²) in [5.74, 6) is 0.677. The first-order chi connectivity index (χ1) is 13.6. The van der Waals surface area contributed by atoms with Crippen LogP contribution in [-0.2, 0) is 29.5 Å². The number of carbonyl (C=O) groups is 1. The van der Waals surface area contributed by atoms with Gasteiger partial charge in [0.2, 0.25) is 0 Å². The maximum absolute atomic E-state index is 12.2. The standard InChI is InChI=1S/C23H26N2O3/c1-24-20-10-9-17(27-2)13-19(20)18-11-12-25(15-16-7-5-4-6-8-16)21(23(18)24)14-22(26)28-3/h4-10,13,21H,11-12,14-15H2,1-3H3. The molecule has 1 aromatic heterocycles. The third kappa shape index (κ3) is 3.27. The van der Waals surface area contributed by atoms with Gasteiger partial charge < -0.3 is 14.0 Å². The third-order valence-corrected chi connectivity index (χ3v) is 5.78. The highest BCUT2D eigenvalue weighted by Gasteiger charge is 2.34. The van der Waals surface area contributed by atoms with Crippen molar-refractivity contribution in [2.75, 3.05) is 20.8 Å². The average molecular weight is 378 g/mol. The lowest BCUT2D eigenvalue weighted by Gasteiger charge is -2.36. The highest BCUT2D eigenvalue weighted by molar-refractivity contribution is 5.87. The van der Waals surface area contributed by atoms with Crippen molar-refractivity contribution in [1.82, 2.24) is 9.47 Å². The van der Waals surface area contributed by atoms with E-state index in [0.717, 1.165) is 25.3 Å². The highest BCUT2D eigenvalue weighted by Crippen LogP contribution is 2.40. The number of benzene rings is 2. The highest BCUT2D eigenvalue weighted by atomic mass is 16.5. The average Bonchev–Trinajstić information content (AvgIpc) is 3.02. The summed E-state index contributed by atoms with van der Waals surface area (Å²) in [5.41, 5.74) is 4.94. The summed E-state index contributed by atoms with van der Waals surface area (Å²) in [6.45, 7) is 1.71. The number of fused-ring (bicyclic) bond motifs is 3. The molecular formula is C23H26N2O3. The molecule has 28 heavy (non-hydrogen) atoms. The maximum atomic E-state index is 12.2. The molecular weight excluding hydrogens is 352 g/mol. The summed E-state index contributed by atoms with van der Waals surface area (Å²) in [6, 6.07) is 16.6. The topological polar surface area (TPSA) is 43.7 Å². The first-order valence-corrected chi connectivity index (χ1v) is 9.62. The quantitative estimate of drug-likeness (QED) is 0.633. The number of nitrogens with zero attached hydrogens (tertiary/aromatic N) is 2. The van der Waals surface area contributed by atoms with Crippen LogP contribution in [0.4, 0.5) is 0 Å². The first-order valence-electron chi connectivity index (χ1n) is 9.62. The van der Waals surface area contributed by atoms with E-state index in [-0.39, 0.29) is 12.0 Å². The molecule has 0 bridgehead atoms. The predicted octanol–water partition coefficient (Wildman–Crippen LogP) is 3.85. The van der Waals surface area contributed by atoms with Crippen molar-refractivity contribution in [3.63, 3.8) is 0 Å². The summed E-state index contributed by atoms with van der Waals surface area (Å²) < 4.78 is 12.7. The van der Waals surface area contributed by atoms with Gasteiger partial charge in [-0.15, -0.1) is 0 Å². The Morgan fingerprint density at radius 2 is 1.93 bits per heavy atom. The van der Waals surface area contributed by atoms with Crippen LogP contribution in [0.3, 0.4) is 0 Å². The van der Waals surface area contributed by atoms with E-state index in [1.165, 1.54) is 34.8 Å². The Labute approximate surface area is 165 Å². The molecule has 1 atom stereocenters. The number of aryl methyl sites for hydroxylation is 1. The molecule has 0 N–H and O–H groups in total. The summed E-state index contributed by atoms with van der Waals surface area (Å²) in [7, 11) is 5.24. The number of aromatic nitrogens is 1. The molecule has 1 unspecified atom stereocenters. The van der Waals surface area contributed by atoms with E-state index in [4.69, 9.17) is 9.47 Å². The van der Waals surface area contributed by atoms with Gasteiger partial charge in [0.1, 0.15) is 5.75 Å². The van der Waals surface area contributed by atoms with Crippen molar-refractivity contribution in [3.05, 3.63) is 65.4 Å². The van der Waals surface area contributed by atoms with Gasteiger partial charge in [-0.25, -0.2) is 0 Å². The van der Waals surface area contributed by atoms with Crippen LogP contribution in [0.15, 0.2) is 48.5 Å². The summed E-state index contributed by atoms with van der Waals surface area (Å²) in [5, 5.41) is 1.21. The Hall–Kier alpha value is -2.79. The van der Waals surface area contributed by atoms with Crippen LogP contribution in [0.1, 0.15) is 29.3 Å². The Morgan fingerprint density at radius 3 is 2.64 bits per heavy atom. The van der Waals surface area contributed by atoms with Gasteiger partial charge in [0, 0.05) is 36.7 Å². The van der Waals surface area contributed by atoms with E-state index < -0.39 is 0 Å². The van der Waals surface area contributed by atoms with Gasteiger partial charge in [-0.05, 0) is 35.7 Å². The zero-order chi connectivity index (χ0) is 19.7. The van der Waals surface area contributed by atoms with Crippen molar-refractivity contribution in [2.24, 2.45) is 7.05 Å². The van der Waals surface area contributed by atoms with Gasteiger partial charge >= 0.3 is 5.97 Å². The van der Waals surface area contributed by atoms with E-state index >= 15 is 0 Å². The van der Waals surface area contributed by atoms with Crippen molar-refractivity contribution < 1.29 is 14.3 Å². The van der Waals surface area contributed by atoms with Crippen molar-refractivity contribution >= 4 is 16.9 Å². The van der Waals surface area contributed by atoms with E-state index in [1.54, 1.807) is 7.11 Å². The van der Waals surface area contributed by atoms with Gasteiger partial charge in [0.25, 0.3) is 0 Å². The van der Waals surface area contributed by atoms with Gasteiger partial charge in [0.05, 0.1) is 26.7 Å². The molecule has 0 radical (unpaired) electrons. The lowest BCUT2D eigenvalue weighted by molar-refractivity contribution is -0.142.